The van der Waals surface area contributed by atoms with E-state index in [1.807, 2.05) is 12.1 Å². The Morgan fingerprint density at radius 2 is 1.94 bits per heavy atom. The highest BCUT2D eigenvalue weighted by Gasteiger charge is 2.16. The number of nitrogens with two attached hydrogens (primary N) is 1. The maximum absolute atomic E-state index is 5.81. The maximum Gasteiger partial charge on any atom is 0.0387 e. The molecule has 1 aromatic carbocycles. The lowest BCUT2D eigenvalue weighted by Crippen LogP contribution is -2.46. The van der Waals surface area contributed by atoms with E-state index in [1.54, 1.807) is 0 Å². The van der Waals surface area contributed by atoms with E-state index in [0.717, 1.165) is 50.7 Å². The molecule has 2 rings (SSSR count). The number of hydrogen-bond donors (Lipinski definition) is 1. The lowest BCUT2D eigenvalue weighted by molar-refractivity contribution is 0.259. The fourth-order valence-corrected chi connectivity index (χ4v) is 2.35. The van der Waals surface area contributed by atoms with Crippen molar-refractivity contribution in [2.75, 3.05) is 49.2 Å². The third-order valence-electron chi connectivity index (χ3n) is 3.22. The number of halogens is 1. The van der Waals surface area contributed by atoms with Crippen LogP contribution in [-0.4, -0.2) is 43.5 Å². The number of rotatable bonds is 4. The zero-order chi connectivity index (χ0) is 12.1. The van der Waals surface area contributed by atoms with Gasteiger partial charge in [-0.3, -0.25) is 4.90 Å². The van der Waals surface area contributed by atoms with Gasteiger partial charge in [-0.25, -0.2) is 0 Å². The molecule has 0 aliphatic carbocycles. The molecular weight excluding hydrogens is 234 g/mol. The van der Waals surface area contributed by atoms with Crippen molar-refractivity contribution in [1.29, 1.82) is 0 Å². The number of nitrogens with zero attached hydrogens (tertiary/aromatic N) is 2. The molecule has 0 bridgehead atoms. The zero-order valence-electron chi connectivity index (χ0n) is 10.1. The first-order chi connectivity index (χ1) is 8.29. The molecule has 2 N–H and O–H groups in total. The van der Waals surface area contributed by atoms with Crippen molar-refractivity contribution in [3.63, 3.8) is 0 Å². The zero-order valence-corrected chi connectivity index (χ0v) is 10.9. The number of piperazine rings is 1. The van der Waals surface area contributed by atoms with Gasteiger partial charge in [-0.1, -0.05) is 6.07 Å². The average molecular weight is 254 g/mol. The number of alkyl halides is 1. The summed E-state index contributed by atoms with van der Waals surface area (Å²) in [6.07, 6.45) is 1.08. The summed E-state index contributed by atoms with van der Waals surface area (Å²) in [6.45, 7) is 5.50. The van der Waals surface area contributed by atoms with Crippen LogP contribution in [0.3, 0.4) is 0 Å². The second kappa shape index (κ2) is 6.12. The molecule has 0 atom stereocenters. The second-order valence-electron chi connectivity index (χ2n) is 4.47. The quantitative estimate of drug-likeness (QED) is 0.658. The monoisotopic (exact) mass is 253 g/mol. The van der Waals surface area contributed by atoms with Crippen molar-refractivity contribution in [3.05, 3.63) is 24.3 Å². The van der Waals surface area contributed by atoms with E-state index in [0.29, 0.717) is 0 Å². The van der Waals surface area contributed by atoms with Gasteiger partial charge in [0.15, 0.2) is 0 Å². The molecule has 0 saturated carbocycles. The average Bonchev–Trinajstić information content (AvgIpc) is 2.37. The largest absolute Gasteiger partial charge is 0.399 e. The highest BCUT2D eigenvalue weighted by molar-refractivity contribution is 6.17. The van der Waals surface area contributed by atoms with Gasteiger partial charge in [-0.15, -0.1) is 11.6 Å². The van der Waals surface area contributed by atoms with E-state index >= 15 is 0 Å². The molecule has 4 heteroatoms. The molecule has 0 unspecified atom stereocenters. The Morgan fingerprint density at radius 1 is 1.18 bits per heavy atom. The Balaban J connectivity index is 1.86. The fourth-order valence-electron chi connectivity index (χ4n) is 2.23. The van der Waals surface area contributed by atoms with Crippen LogP contribution >= 0.6 is 11.6 Å². The van der Waals surface area contributed by atoms with Gasteiger partial charge in [0.05, 0.1) is 0 Å². The molecule has 1 fully saturated rings. The third kappa shape index (κ3) is 3.51. The first kappa shape index (κ1) is 12.5. The van der Waals surface area contributed by atoms with Gasteiger partial charge in [0.1, 0.15) is 0 Å². The van der Waals surface area contributed by atoms with Crippen molar-refractivity contribution in [2.45, 2.75) is 6.42 Å². The molecule has 0 aromatic heterocycles. The van der Waals surface area contributed by atoms with Gasteiger partial charge in [0.25, 0.3) is 0 Å². The van der Waals surface area contributed by atoms with Crippen LogP contribution < -0.4 is 10.6 Å². The van der Waals surface area contributed by atoms with Gasteiger partial charge in [0, 0.05) is 43.4 Å². The first-order valence-corrected chi connectivity index (χ1v) is 6.72. The molecule has 17 heavy (non-hydrogen) atoms. The van der Waals surface area contributed by atoms with Crippen LogP contribution in [0.1, 0.15) is 6.42 Å². The summed E-state index contributed by atoms with van der Waals surface area (Å²) in [6, 6.07) is 8.13. The van der Waals surface area contributed by atoms with Crippen LogP contribution in [0.2, 0.25) is 0 Å². The number of benzene rings is 1. The first-order valence-electron chi connectivity index (χ1n) is 6.18. The lowest BCUT2D eigenvalue weighted by atomic mass is 10.2. The molecule has 0 spiro atoms. The van der Waals surface area contributed by atoms with E-state index in [-0.39, 0.29) is 0 Å². The molecule has 3 nitrogen and oxygen atoms in total. The van der Waals surface area contributed by atoms with Gasteiger partial charge in [-0.2, -0.15) is 0 Å². The molecule has 1 aromatic rings. The summed E-state index contributed by atoms with van der Waals surface area (Å²) < 4.78 is 0. The summed E-state index contributed by atoms with van der Waals surface area (Å²) >= 11 is 5.71. The molecular formula is C13H20ClN3. The van der Waals surface area contributed by atoms with Gasteiger partial charge >= 0.3 is 0 Å². The van der Waals surface area contributed by atoms with Crippen LogP contribution in [0, 0.1) is 0 Å². The van der Waals surface area contributed by atoms with Gasteiger partial charge < -0.3 is 10.6 Å². The summed E-state index contributed by atoms with van der Waals surface area (Å²) in [5.74, 6) is 0.759. The van der Waals surface area contributed by atoms with Crippen LogP contribution in [0.25, 0.3) is 0 Å². The SMILES string of the molecule is Nc1cccc(N2CCN(CCCCl)CC2)c1. The standard InChI is InChI=1S/C13H20ClN3/c14-5-2-6-16-7-9-17(10-8-16)13-4-1-3-12(15)11-13/h1,3-4,11H,2,5-10,15H2. The number of hydrogen-bond acceptors (Lipinski definition) is 3. The summed E-state index contributed by atoms with van der Waals surface area (Å²) in [5, 5.41) is 0. The molecule has 0 amide bonds. The molecule has 1 saturated heterocycles. The van der Waals surface area contributed by atoms with Crippen molar-refractivity contribution in [2.24, 2.45) is 0 Å². The van der Waals surface area contributed by atoms with E-state index in [9.17, 15) is 0 Å². The topological polar surface area (TPSA) is 32.5 Å². The minimum Gasteiger partial charge on any atom is -0.399 e. The highest BCUT2D eigenvalue weighted by Crippen LogP contribution is 2.19. The highest BCUT2D eigenvalue weighted by atomic mass is 35.5. The van der Waals surface area contributed by atoms with Crippen molar-refractivity contribution in [1.82, 2.24) is 4.90 Å². The van der Waals surface area contributed by atoms with E-state index in [1.165, 1.54) is 5.69 Å². The fraction of sp³-hybridized carbons (Fsp3) is 0.538. The number of nitrogen functional groups attached to an aromatic ring is 1. The predicted octanol–water partition coefficient (Wildman–Crippen LogP) is 2.02. The molecule has 1 aliphatic heterocycles. The minimum atomic E-state index is 0.759. The maximum atomic E-state index is 5.81. The summed E-state index contributed by atoms with van der Waals surface area (Å²) in [5.41, 5.74) is 7.88. The predicted molar refractivity (Wildman–Crippen MR) is 74.8 cm³/mol. The molecule has 1 heterocycles. The smallest absolute Gasteiger partial charge is 0.0387 e. The summed E-state index contributed by atoms with van der Waals surface area (Å²) in [4.78, 5) is 4.87. The van der Waals surface area contributed by atoms with Crippen LogP contribution in [0.4, 0.5) is 11.4 Å². The lowest BCUT2D eigenvalue weighted by Gasteiger charge is -2.36. The summed E-state index contributed by atoms with van der Waals surface area (Å²) in [7, 11) is 0. The Hall–Kier alpha value is -0.930. The van der Waals surface area contributed by atoms with Crippen molar-refractivity contribution in [3.8, 4) is 0 Å². The van der Waals surface area contributed by atoms with Crippen LogP contribution in [0.15, 0.2) is 24.3 Å². The minimum absolute atomic E-state index is 0.759. The Bertz CT molecular complexity index is 348. The van der Waals surface area contributed by atoms with Crippen molar-refractivity contribution < 1.29 is 0 Å². The Kier molecular flexibility index (Phi) is 4.51. The van der Waals surface area contributed by atoms with Gasteiger partial charge in [-0.05, 0) is 31.2 Å². The van der Waals surface area contributed by atoms with E-state index in [2.05, 4.69) is 21.9 Å². The number of anilines is 2. The molecule has 0 radical (unpaired) electrons. The van der Waals surface area contributed by atoms with Crippen molar-refractivity contribution >= 4 is 23.0 Å². The molecule has 1 aliphatic rings. The Labute approximate surface area is 108 Å². The van der Waals surface area contributed by atoms with Gasteiger partial charge in [0.2, 0.25) is 0 Å². The third-order valence-corrected chi connectivity index (χ3v) is 3.48. The second-order valence-corrected chi connectivity index (χ2v) is 4.84. The van der Waals surface area contributed by atoms with E-state index in [4.69, 9.17) is 17.3 Å². The normalized spacial score (nSPS) is 17.4. The van der Waals surface area contributed by atoms with E-state index < -0.39 is 0 Å². The Morgan fingerprint density at radius 3 is 2.59 bits per heavy atom. The molecule has 94 valence electrons. The van der Waals surface area contributed by atoms with Crippen LogP contribution in [0.5, 0.6) is 0 Å². The van der Waals surface area contributed by atoms with Crippen LogP contribution in [-0.2, 0) is 0 Å².